The van der Waals surface area contributed by atoms with E-state index >= 15 is 0 Å². The van der Waals surface area contributed by atoms with Gasteiger partial charge in [0.1, 0.15) is 5.82 Å². The Morgan fingerprint density at radius 1 is 1.29 bits per heavy atom. The van der Waals surface area contributed by atoms with Crippen molar-refractivity contribution in [3.63, 3.8) is 0 Å². The molecule has 4 heteroatoms. The van der Waals surface area contributed by atoms with E-state index in [4.69, 9.17) is 0 Å². The molecular formula is C17H24N2O2. The van der Waals surface area contributed by atoms with Gasteiger partial charge in [0.25, 0.3) is 0 Å². The van der Waals surface area contributed by atoms with Crippen LogP contribution in [0.2, 0.25) is 0 Å². The van der Waals surface area contributed by atoms with Crippen LogP contribution in [0.25, 0.3) is 11.0 Å². The van der Waals surface area contributed by atoms with E-state index in [1.165, 1.54) is 0 Å². The van der Waals surface area contributed by atoms with E-state index in [0.29, 0.717) is 17.5 Å². The Balaban J connectivity index is 2.47. The number of rotatable bonds is 6. The highest BCUT2D eigenvalue weighted by atomic mass is 16.4. The van der Waals surface area contributed by atoms with Crippen molar-refractivity contribution in [3.05, 3.63) is 29.6 Å². The molecule has 1 atom stereocenters. The van der Waals surface area contributed by atoms with Gasteiger partial charge < -0.3 is 9.67 Å². The second-order valence-corrected chi connectivity index (χ2v) is 6.08. The molecule has 21 heavy (non-hydrogen) atoms. The summed E-state index contributed by atoms with van der Waals surface area (Å²) in [4.78, 5) is 15.8. The molecule has 4 nitrogen and oxygen atoms in total. The van der Waals surface area contributed by atoms with Crippen LogP contribution in [0.1, 0.15) is 62.8 Å². The molecule has 1 heterocycles. The first-order chi connectivity index (χ1) is 9.93. The highest BCUT2D eigenvalue weighted by Crippen LogP contribution is 2.26. The first-order valence-corrected chi connectivity index (χ1v) is 7.68. The van der Waals surface area contributed by atoms with Crippen molar-refractivity contribution in [2.45, 2.75) is 53.0 Å². The normalized spacial score (nSPS) is 13.0. The summed E-state index contributed by atoms with van der Waals surface area (Å²) in [6.45, 7) is 8.73. The maximum Gasteiger partial charge on any atom is 0.335 e. The number of benzene rings is 1. The Morgan fingerprint density at radius 3 is 2.57 bits per heavy atom. The molecule has 0 bridgehead atoms. The standard InChI is InChI=1S/C17H24N2O2/c1-5-16-18-14-9-8-13(17(20)21)10-15(14)19(16)12(4)7-6-11(2)3/h8-12H,5-7H2,1-4H3,(H,20,21). The van der Waals surface area contributed by atoms with E-state index in [1.54, 1.807) is 12.1 Å². The van der Waals surface area contributed by atoms with Crippen LogP contribution >= 0.6 is 0 Å². The Kier molecular flexibility index (Phi) is 4.66. The molecule has 2 rings (SSSR count). The van der Waals surface area contributed by atoms with Gasteiger partial charge in [-0.25, -0.2) is 9.78 Å². The number of hydrogen-bond acceptors (Lipinski definition) is 2. The zero-order valence-corrected chi connectivity index (χ0v) is 13.3. The molecule has 0 aliphatic heterocycles. The molecular weight excluding hydrogens is 264 g/mol. The van der Waals surface area contributed by atoms with Crippen molar-refractivity contribution >= 4 is 17.0 Å². The lowest BCUT2D eigenvalue weighted by molar-refractivity contribution is 0.0697. The predicted octanol–water partition coefficient (Wildman–Crippen LogP) is 4.29. The van der Waals surface area contributed by atoms with Gasteiger partial charge in [-0.1, -0.05) is 20.8 Å². The Hall–Kier alpha value is -1.84. The van der Waals surface area contributed by atoms with Gasteiger partial charge >= 0.3 is 5.97 Å². The van der Waals surface area contributed by atoms with Gasteiger partial charge in [-0.05, 0) is 43.9 Å². The zero-order valence-electron chi connectivity index (χ0n) is 13.3. The summed E-state index contributed by atoms with van der Waals surface area (Å²) in [5.41, 5.74) is 2.14. The summed E-state index contributed by atoms with van der Waals surface area (Å²) in [6.07, 6.45) is 3.08. The fourth-order valence-corrected chi connectivity index (χ4v) is 2.72. The summed E-state index contributed by atoms with van der Waals surface area (Å²) in [5, 5.41) is 9.18. The maximum atomic E-state index is 11.2. The molecule has 1 aromatic carbocycles. The molecule has 0 radical (unpaired) electrons. The fraction of sp³-hybridized carbons (Fsp3) is 0.529. The van der Waals surface area contributed by atoms with Crippen molar-refractivity contribution in [1.29, 1.82) is 0 Å². The zero-order chi connectivity index (χ0) is 15.6. The van der Waals surface area contributed by atoms with Crippen LogP contribution in [-0.2, 0) is 6.42 Å². The Bertz CT molecular complexity index is 644. The summed E-state index contributed by atoms with van der Waals surface area (Å²) in [6, 6.07) is 5.51. The molecule has 0 fully saturated rings. The van der Waals surface area contributed by atoms with E-state index in [9.17, 15) is 9.90 Å². The number of carboxylic acids is 1. The maximum absolute atomic E-state index is 11.2. The SMILES string of the molecule is CCc1nc2ccc(C(=O)O)cc2n1C(C)CCC(C)C. The average Bonchev–Trinajstić information content (AvgIpc) is 2.82. The van der Waals surface area contributed by atoms with Gasteiger partial charge in [-0.2, -0.15) is 0 Å². The van der Waals surface area contributed by atoms with E-state index in [2.05, 4.69) is 37.2 Å². The largest absolute Gasteiger partial charge is 0.478 e. The molecule has 0 saturated carbocycles. The van der Waals surface area contributed by atoms with E-state index in [-0.39, 0.29) is 0 Å². The summed E-state index contributed by atoms with van der Waals surface area (Å²) in [7, 11) is 0. The summed E-state index contributed by atoms with van der Waals surface area (Å²) < 4.78 is 2.21. The predicted molar refractivity (Wildman–Crippen MR) is 84.9 cm³/mol. The number of hydrogen-bond donors (Lipinski definition) is 1. The second-order valence-electron chi connectivity index (χ2n) is 6.08. The fourth-order valence-electron chi connectivity index (χ4n) is 2.72. The molecule has 2 aromatic rings. The van der Waals surface area contributed by atoms with E-state index in [1.807, 2.05) is 6.07 Å². The third-order valence-electron chi connectivity index (χ3n) is 3.93. The van der Waals surface area contributed by atoms with Gasteiger partial charge in [-0.15, -0.1) is 0 Å². The smallest absolute Gasteiger partial charge is 0.335 e. The Morgan fingerprint density at radius 2 is 2.00 bits per heavy atom. The summed E-state index contributed by atoms with van der Waals surface area (Å²) >= 11 is 0. The minimum Gasteiger partial charge on any atom is -0.478 e. The van der Waals surface area contributed by atoms with Crippen LogP contribution in [0.3, 0.4) is 0 Å². The highest BCUT2D eigenvalue weighted by molar-refractivity contribution is 5.92. The molecule has 114 valence electrons. The van der Waals surface area contributed by atoms with Crippen LogP contribution in [-0.4, -0.2) is 20.6 Å². The first-order valence-electron chi connectivity index (χ1n) is 7.68. The monoisotopic (exact) mass is 288 g/mol. The van der Waals surface area contributed by atoms with Gasteiger partial charge in [0, 0.05) is 12.5 Å². The molecule has 0 aliphatic carbocycles. The lowest BCUT2D eigenvalue weighted by Crippen LogP contribution is -2.10. The van der Waals surface area contributed by atoms with Gasteiger partial charge in [0.2, 0.25) is 0 Å². The van der Waals surface area contributed by atoms with Crippen molar-refractivity contribution in [1.82, 2.24) is 9.55 Å². The lowest BCUT2D eigenvalue weighted by atomic mass is 10.0. The van der Waals surface area contributed by atoms with E-state index < -0.39 is 5.97 Å². The number of aromatic nitrogens is 2. The number of fused-ring (bicyclic) bond motifs is 1. The molecule has 0 amide bonds. The average molecular weight is 288 g/mol. The lowest BCUT2D eigenvalue weighted by Gasteiger charge is -2.18. The minimum absolute atomic E-state index is 0.322. The van der Waals surface area contributed by atoms with Crippen molar-refractivity contribution < 1.29 is 9.90 Å². The van der Waals surface area contributed by atoms with Crippen LogP contribution in [0.4, 0.5) is 0 Å². The number of aromatic carboxylic acids is 1. The molecule has 0 spiro atoms. The third kappa shape index (κ3) is 3.26. The van der Waals surface area contributed by atoms with Gasteiger partial charge in [0.15, 0.2) is 0 Å². The molecule has 0 saturated heterocycles. The molecule has 1 unspecified atom stereocenters. The van der Waals surface area contributed by atoms with Crippen LogP contribution in [0.15, 0.2) is 18.2 Å². The number of aryl methyl sites for hydroxylation is 1. The van der Waals surface area contributed by atoms with Gasteiger partial charge in [-0.3, -0.25) is 0 Å². The van der Waals surface area contributed by atoms with Gasteiger partial charge in [0.05, 0.1) is 16.6 Å². The number of carbonyl (C=O) groups is 1. The van der Waals surface area contributed by atoms with Crippen LogP contribution < -0.4 is 0 Å². The molecule has 0 aliphatic rings. The number of nitrogens with zero attached hydrogens (tertiary/aromatic N) is 2. The number of carboxylic acid groups (broad SMARTS) is 1. The quantitative estimate of drug-likeness (QED) is 0.862. The first kappa shape index (κ1) is 15.5. The molecule has 1 N–H and O–H groups in total. The van der Waals surface area contributed by atoms with Crippen LogP contribution in [0.5, 0.6) is 0 Å². The summed E-state index contributed by atoms with van der Waals surface area (Å²) in [5.74, 6) is 0.809. The van der Waals surface area contributed by atoms with E-state index in [0.717, 1.165) is 36.1 Å². The number of imidazole rings is 1. The molecule has 1 aromatic heterocycles. The van der Waals surface area contributed by atoms with Crippen molar-refractivity contribution in [2.24, 2.45) is 5.92 Å². The third-order valence-corrected chi connectivity index (χ3v) is 3.93. The van der Waals surface area contributed by atoms with Crippen molar-refractivity contribution in [3.8, 4) is 0 Å². The topological polar surface area (TPSA) is 55.1 Å². The second kappa shape index (κ2) is 6.29. The van der Waals surface area contributed by atoms with Crippen molar-refractivity contribution in [2.75, 3.05) is 0 Å². The Labute approximate surface area is 125 Å². The highest BCUT2D eigenvalue weighted by Gasteiger charge is 2.16. The van der Waals surface area contributed by atoms with Crippen LogP contribution in [0, 0.1) is 5.92 Å². The minimum atomic E-state index is -0.891.